The van der Waals surface area contributed by atoms with Gasteiger partial charge in [-0.15, -0.1) is 0 Å². The first-order valence-corrected chi connectivity index (χ1v) is 4.84. The van der Waals surface area contributed by atoms with Crippen LogP contribution in [-0.2, 0) is 0 Å². The van der Waals surface area contributed by atoms with Crippen LogP contribution < -0.4 is 5.56 Å². The fraction of sp³-hybridized carbons (Fsp3) is 0.111. The standard InChI is InChI=1S/C9H5BrF2N2O/c10-4-1-7-6(13-3-4)2-5(8(11)12)9(15)14-7/h1-3,8H,(H,14,15). The molecule has 3 nitrogen and oxygen atoms in total. The molecule has 2 aromatic rings. The number of pyridine rings is 2. The zero-order valence-electron chi connectivity index (χ0n) is 7.30. The van der Waals surface area contributed by atoms with Crippen molar-refractivity contribution in [2.45, 2.75) is 6.43 Å². The molecule has 6 heteroatoms. The molecule has 0 saturated heterocycles. The van der Waals surface area contributed by atoms with E-state index in [9.17, 15) is 13.6 Å². The Hall–Kier alpha value is -1.30. The lowest BCUT2D eigenvalue weighted by atomic mass is 10.2. The van der Waals surface area contributed by atoms with Gasteiger partial charge in [0.15, 0.2) is 0 Å². The monoisotopic (exact) mass is 274 g/mol. The largest absolute Gasteiger partial charge is 0.320 e. The Labute approximate surface area is 91.3 Å². The fourth-order valence-electron chi connectivity index (χ4n) is 1.23. The molecule has 0 aliphatic heterocycles. The van der Waals surface area contributed by atoms with Crippen molar-refractivity contribution in [3.8, 4) is 0 Å². The summed E-state index contributed by atoms with van der Waals surface area (Å²) in [4.78, 5) is 17.5. The molecule has 0 atom stereocenters. The van der Waals surface area contributed by atoms with E-state index < -0.39 is 17.5 Å². The Morgan fingerprint density at radius 3 is 2.80 bits per heavy atom. The number of H-pyrrole nitrogens is 1. The number of hydrogen-bond donors (Lipinski definition) is 1. The number of nitrogens with zero attached hydrogens (tertiary/aromatic N) is 1. The molecule has 15 heavy (non-hydrogen) atoms. The smallest absolute Gasteiger partial charge is 0.269 e. The zero-order chi connectivity index (χ0) is 11.0. The van der Waals surface area contributed by atoms with E-state index in [0.717, 1.165) is 6.07 Å². The van der Waals surface area contributed by atoms with E-state index >= 15 is 0 Å². The second-order valence-corrected chi connectivity index (χ2v) is 3.86. The van der Waals surface area contributed by atoms with Gasteiger partial charge in [0.2, 0.25) is 0 Å². The van der Waals surface area contributed by atoms with Crippen molar-refractivity contribution in [2.24, 2.45) is 0 Å². The SMILES string of the molecule is O=c1[nH]c2cc(Br)cnc2cc1C(F)F. The van der Waals surface area contributed by atoms with Gasteiger partial charge in [-0.2, -0.15) is 0 Å². The molecule has 0 spiro atoms. The summed E-state index contributed by atoms with van der Waals surface area (Å²) in [6, 6.07) is 2.71. The minimum atomic E-state index is -2.79. The van der Waals surface area contributed by atoms with Crippen molar-refractivity contribution in [1.29, 1.82) is 0 Å². The average Bonchev–Trinajstić information content (AvgIpc) is 2.15. The summed E-state index contributed by atoms with van der Waals surface area (Å²) in [5.41, 5.74) is -0.568. The first-order valence-electron chi connectivity index (χ1n) is 4.04. The van der Waals surface area contributed by atoms with Crippen LogP contribution in [0.15, 0.2) is 27.6 Å². The Morgan fingerprint density at radius 1 is 1.40 bits per heavy atom. The van der Waals surface area contributed by atoms with Crippen molar-refractivity contribution < 1.29 is 8.78 Å². The third-order valence-electron chi connectivity index (χ3n) is 1.92. The van der Waals surface area contributed by atoms with Crippen LogP contribution in [0.5, 0.6) is 0 Å². The van der Waals surface area contributed by atoms with Crippen LogP contribution in [0.1, 0.15) is 12.0 Å². The topological polar surface area (TPSA) is 45.8 Å². The molecule has 1 N–H and O–H groups in total. The number of hydrogen-bond acceptors (Lipinski definition) is 2. The average molecular weight is 275 g/mol. The first-order chi connectivity index (χ1) is 7.08. The van der Waals surface area contributed by atoms with Gasteiger partial charge in [0.1, 0.15) is 0 Å². The maximum Gasteiger partial charge on any atom is 0.269 e. The molecule has 0 unspecified atom stereocenters. The predicted molar refractivity (Wildman–Crippen MR) is 55.0 cm³/mol. The van der Waals surface area contributed by atoms with Gasteiger partial charge in [0.25, 0.3) is 12.0 Å². The summed E-state index contributed by atoms with van der Waals surface area (Å²) in [7, 11) is 0. The van der Waals surface area contributed by atoms with Gasteiger partial charge >= 0.3 is 0 Å². The first kappa shape index (κ1) is 10.2. The second-order valence-electron chi connectivity index (χ2n) is 2.94. The summed E-state index contributed by atoms with van der Waals surface area (Å²) >= 11 is 3.17. The van der Waals surface area contributed by atoms with E-state index in [2.05, 4.69) is 25.9 Å². The molecule has 0 amide bonds. The van der Waals surface area contributed by atoms with E-state index in [1.807, 2.05) is 0 Å². The van der Waals surface area contributed by atoms with Crippen molar-refractivity contribution in [2.75, 3.05) is 0 Å². The highest BCUT2D eigenvalue weighted by atomic mass is 79.9. The van der Waals surface area contributed by atoms with Crippen LogP contribution in [0.25, 0.3) is 11.0 Å². The number of rotatable bonds is 1. The highest BCUT2D eigenvalue weighted by molar-refractivity contribution is 9.10. The third kappa shape index (κ3) is 1.90. The fourth-order valence-corrected chi connectivity index (χ4v) is 1.57. The highest BCUT2D eigenvalue weighted by Gasteiger charge is 2.13. The molecule has 0 bridgehead atoms. The quantitative estimate of drug-likeness (QED) is 0.869. The van der Waals surface area contributed by atoms with Gasteiger partial charge in [-0.1, -0.05) is 0 Å². The Balaban J connectivity index is 2.76. The predicted octanol–water partition coefficient (Wildman–Crippen LogP) is 2.62. The summed E-state index contributed by atoms with van der Waals surface area (Å²) in [5.74, 6) is 0. The van der Waals surface area contributed by atoms with E-state index in [4.69, 9.17) is 0 Å². The summed E-state index contributed by atoms with van der Waals surface area (Å²) < 4.78 is 25.4. The number of aromatic nitrogens is 2. The molecular weight excluding hydrogens is 270 g/mol. The van der Waals surface area contributed by atoms with Gasteiger partial charge in [-0.3, -0.25) is 9.78 Å². The van der Waals surface area contributed by atoms with Gasteiger partial charge < -0.3 is 4.98 Å². The van der Waals surface area contributed by atoms with Crippen molar-refractivity contribution in [3.05, 3.63) is 38.7 Å². The minimum absolute atomic E-state index is 0.341. The summed E-state index contributed by atoms with van der Waals surface area (Å²) in [6.07, 6.45) is -1.31. The van der Waals surface area contributed by atoms with Crippen LogP contribution in [0.2, 0.25) is 0 Å². The van der Waals surface area contributed by atoms with Gasteiger partial charge in [-0.25, -0.2) is 8.78 Å². The molecule has 0 aromatic carbocycles. The normalized spacial score (nSPS) is 11.2. The molecule has 2 aromatic heterocycles. The molecule has 2 rings (SSSR count). The van der Waals surface area contributed by atoms with Crippen molar-refractivity contribution >= 4 is 27.0 Å². The Bertz CT molecular complexity index is 568. The van der Waals surface area contributed by atoms with E-state index in [-0.39, 0.29) is 0 Å². The molecule has 0 saturated carbocycles. The molecule has 2 heterocycles. The lowest BCUT2D eigenvalue weighted by molar-refractivity contribution is 0.150. The van der Waals surface area contributed by atoms with E-state index in [1.54, 1.807) is 6.07 Å². The molecule has 0 fully saturated rings. The highest BCUT2D eigenvalue weighted by Crippen LogP contribution is 2.19. The number of alkyl halides is 2. The number of nitrogens with one attached hydrogen (secondary N) is 1. The van der Waals surface area contributed by atoms with E-state index in [0.29, 0.717) is 15.5 Å². The Kier molecular flexibility index (Phi) is 2.52. The van der Waals surface area contributed by atoms with Crippen molar-refractivity contribution in [1.82, 2.24) is 9.97 Å². The number of aromatic amines is 1. The maximum atomic E-state index is 12.4. The second kappa shape index (κ2) is 3.69. The lowest BCUT2D eigenvalue weighted by Crippen LogP contribution is -2.12. The number of halogens is 3. The molecule has 78 valence electrons. The van der Waals surface area contributed by atoms with Gasteiger partial charge in [-0.05, 0) is 28.1 Å². The lowest BCUT2D eigenvalue weighted by Gasteiger charge is -2.01. The third-order valence-corrected chi connectivity index (χ3v) is 2.36. The van der Waals surface area contributed by atoms with Crippen LogP contribution >= 0.6 is 15.9 Å². The van der Waals surface area contributed by atoms with Crippen LogP contribution in [0.4, 0.5) is 8.78 Å². The van der Waals surface area contributed by atoms with Crippen LogP contribution in [0, 0.1) is 0 Å². The molecule has 0 aliphatic rings. The molecular formula is C9H5BrF2N2O. The van der Waals surface area contributed by atoms with Crippen LogP contribution in [-0.4, -0.2) is 9.97 Å². The number of fused-ring (bicyclic) bond motifs is 1. The van der Waals surface area contributed by atoms with Gasteiger partial charge in [0, 0.05) is 10.7 Å². The molecule has 0 radical (unpaired) electrons. The molecule has 0 aliphatic carbocycles. The Morgan fingerprint density at radius 2 is 2.13 bits per heavy atom. The minimum Gasteiger partial charge on any atom is -0.320 e. The summed E-state index contributed by atoms with van der Waals surface area (Å²) in [6.45, 7) is 0. The van der Waals surface area contributed by atoms with Crippen molar-refractivity contribution in [3.63, 3.8) is 0 Å². The van der Waals surface area contributed by atoms with E-state index in [1.165, 1.54) is 6.20 Å². The van der Waals surface area contributed by atoms with Crippen LogP contribution in [0.3, 0.4) is 0 Å². The maximum absolute atomic E-state index is 12.4. The zero-order valence-corrected chi connectivity index (χ0v) is 8.88. The van der Waals surface area contributed by atoms with Gasteiger partial charge in [0.05, 0.1) is 16.6 Å². The summed E-state index contributed by atoms with van der Waals surface area (Å²) in [5, 5.41) is 0.